The van der Waals surface area contributed by atoms with Gasteiger partial charge in [0.15, 0.2) is 0 Å². The molecule has 0 aliphatic rings. The van der Waals surface area contributed by atoms with Crippen LogP contribution in [0.2, 0.25) is 0 Å². The molecule has 0 aromatic heterocycles. The highest BCUT2D eigenvalue weighted by atomic mass is 16.5. The molecule has 0 saturated heterocycles. The summed E-state index contributed by atoms with van der Waals surface area (Å²) in [5.41, 5.74) is 2.63. The Morgan fingerprint density at radius 1 is 1.05 bits per heavy atom. The maximum atomic E-state index is 5.50. The summed E-state index contributed by atoms with van der Waals surface area (Å²) in [6, 6.07) is 8.50. The fourth-order valence-corrected chi connectivity index (χ4v) is 2.08. The number of hydrogen-bond donors (Lipinski definition) is 1. The van der Waals surface area contributed by atoms with E-state index in [0.717, 1.165) is 39.3 Å². The van der Waals surface area contributed by atoms with Crippen molar-refractivity contribution in [2.24, 2.45) is 0 Å². The monoisotopic (exact) mass is 264 g/mol. The van der Waals surface area contributed by atoms with E-state index in [1.54, 1.807) is 0 Å². The van der Waals surface area contributed by atoms with Crippen molar-refractivity contribution < 1.29 is 4.74 Å². The van der Waals surface area contributed by atoms with Crippen LogP contribution < -0.4 is 5.32 Å². The number of rotatable bonds is 10. The van der Waals surface area contributed by atoms with Gasteiger partial charge in [-0.25, -0.2) is 0 Å². The maximum Gasteiger partial charge on any atom is 0.0719 e. The molecular formula is C16H28N2O. The molecule has 1 aromatic carbocycles. The number of ether oxygens (including phenoxy) is 1. The van der Waals surface area contributed by atoms with Gasteiger partial charge in [-0.05, 0) is 31.1 Å². The van der Waals surface area contributed by atoms with Gasteiger partial charge in [0.1, 0.15) is 0 Å². The smallest absolute Gasteiger partial charge is 0.0719 e. The third-order valence-corrected chi connectivity index (χ3v) is 3.39. The first-order valence-corrected chi connectivity index (χ1v) is 7.39. The standard InChI is InChI=1S/C16H28N2O/c1-4-18(5-2)12-11-17-13-15-9-7-8-10-16(15)14-19-6-3/h7-10,17H,4-6,11-14H2,1-3H3. The van der Waals surface area contributed by atoms with Gasteiger partial charge in [-0.3, -0.25) is 0 Å². The Bertz CT molecular complexity index is 337. The molecule has 0 heterocycles. The summed E-state index contributed by atoms with van der Waals surface area (Å²) in [6.45, 7) is 13.2. The van der Waals surface area contributed by atoms with Gasteiger partial charge in [-0.15, -0.1) is 0 Å². The molecule has 0 spiro atoms. The van der Waals surface area contributed by atoms with Gasteiger partial charge in [0.05, 0.1) is 6.61 Å². The topological polar surface area (TPSA) is 24.5 Å². The zero-order valence-electron chi connectivity index (χ0n) is 12.6. The van der Waals surface area contributed by atoms with Crippen LogP contribution in [0.5, 0.6) is 0 Å². The van der Waals surface area contributed by atoms with E-state index in [1.165, 1.54) is 11.1 Å². The summed E-state index contributed by atoms with van der Waals surface area (Å²) >= 11 is 0. The number of hydrogen-bond acceptors (Lipinski definition) is 3. The van der Waals surface area contributed by atoms with Gasteiger partial charge >= 0.3 is 0 Å². The molecule has 0 aliphatic heterocycles. The zero-order valence-corrected chi connectivity index (χ0v) is 12.6. The number of nitrogens with zero attached hydrogens (tertiary/aromatic N) is 1. The van der Waals surface area contributed by atoms with Crippen LogP contribution in [0.4, 0.5) is 0 Å². The Balaban J connectivity index is 2.35. The molecule has 0 amide bonds. The van der Waals surface area contributed by atoms with Crippen LogP contribution in [-0.4, -0.2) is 37.7 Å². The van der Waals surface area contributed by atoms with E-state index in [4.69, 9.17) is 4.74 Å². The van der Waals surface area contributed by atoms with E-state index in [0.29, 0.717) is 6.61 Å². The number of nitrogens with one attached hydrogen (secondary N) is 1. The highest BCUT2D eigenvalue weighted by Crippen LogP contribution is 2.09. The second-order valence-corrected chi connectivity index (χ2v) is 4.61. The fraction of sp³-hybridized carbons (Fsp3) is 0.625. The first kappa shape index (κ1) is 16.2. The minimum Gasteiger partial charge on any atom is -0.377 e. The van der Waals surface area contributed by atoms with Gasteiger partial charge in [0, 0.05) is 26.2 Å². The second kappa shape index (κ2) is 9.96. The molecule has 3 heteroatoms. The van der Waals surface area contributed by atoms with Crippen molar-refractivity contribution >= 4 is 0 Å². The first-order chi connectivity index (χ1) is 9.31. The minimum absolute atomic E-state index is 0.713. The average molecular weight is 264 g/mol. The van der Waals surface area contributed by atoms with Crippen molar-refractivity contribution in [1.82, 2.24) is 10.2 Å². The molecule has 0 radical (unpaired) electrons. The quantitative estimate of drug-likeness (QED) is 0.658. The molecule has 1 N–H and O–H groups in total. The number of benzene rings is 1. The zero-order chi connectivity index (χ0) is 13.9. The molecule has 1 rings (SSSR count). The summed E-state index contributed by atoms with van der Waals surface area (Å²) in [6.07, 6.45) is 0. The maximum absolute atomic E-state index is 5.50. The normalized spacial score (nSPS) is 11.2. The van der Waals surface area contributed by atoms with Gasteiger partial charge in [-0.1, -0.05) is 38.1 Å². The van der Waals surface area contributed by atoms with E-state index in [-0.39, 0.29) is 0 Å². The van der Waals surface area contributed by atoms with E-state index in [2.05, 4.69) is 48.3 Å². The van der Waals surface area contributed by atoms with Crippen LogP contribution in [0.1, 0.15) is 31.9 Å². The van der Waals surface area contributed by atoms with Gasteiger partial charge in [0.2, 0.25) is 0 Å². The average Bonchev–Trinajstić information content (AvgIpc) is 2.46. The van der Waals surface area contributed by atoms with E-state index >= 15 is 0 Å². The first-order valence-electron chi connectivity index (χ1n) is 7.39. The Kier molecular flexibility index (Phi) is 8.47. The largest absolute Gasteiger partial charge is 0.377 e. The lowest BCUT2D eigenvalue weighted by Gasteiger charge is -2.18. The molecule has 0 saturated carbocycles. The Morgan fingerprint density at radius 3 is 2.37 bits per heavy atom. The lowest BCUT2D eigenvalue weighted by Crippen LogP contribution is -2.31. The summed E-state index contributed by atoms with van der Waals surface area (Å²) < 4.78 is 5.50. The molecule has 19 heavy (non-hydrogen) atoms. The summed E-state index contributed by atoms with van der Waals surface area (Å²) in [5.74, 6) is 0. The fourth-order valence-electron chi connectivity index (χ4n) is 2.08. The molecule has 0 bridgehead atoms. The summed E-state index contributed by atoms with van der Waals surface area (Å²) in [5, 5.41) is 3.52. The minimum atomic E-state index is 0.713. The molecule has 1 aromatic rings. The Hall–Kier alpha value is -0.900. The molecule has 3 nitrogen and oxygen atoms in total. The summed E-state index contributed by atoms with van der Waals surface area (Å²) in [4.78, 5) is 2.43. The van der Waals surface area contributed by atoms with Crippen molar-refractivity contribution in [2.75, 3.05) is 32.8 Å². The highest BCUT2D eigenvalue weighted by Gasteiger charge is 2.02. The second-order valence-electron chi connectivity index (χ2n) is 4.61. The lowest BCUT2D eigenvalue weighted by atomic mass is 10.1. The molecule has 108 valence electrons. The van der Waals surface area contributed by atoms with Crippen LogP contribution >= 0.6 is 0 Å². The SMILES string of the molecule is CCOCc1ccccc1CNCCN(CC)CC. The van der Waals surface area contributed by atoms with E-state index in [1.807, 2.05) is 6.92 Å². The molecule has 0 unspecified atom stereocenters. The van der Waals surface area contributed by atoms with Crippen molar-refractivity contribution in [3.8, 4) is 0 Å². The van der Waals surface area contributed by atoms with Crippen LogP contribution in [-0.2, 0) is 17.9 Å². The molecule has 0 aliphatic carbocycles. The third kappa shape index (κ3) is 6.19. The lowest BCUT2D eigenvalue weighted by molar-refractivity contribution is 0.133. The summed E-state index contributed by atoms with van der Waals surface area (Å²) in [7, 11) is 0. The predicted octanol–water partition coefficient (Wildman–Crippen LogP) is 2.65. The van der Waals surface area contributed by atoms with Gasteiger partial charge < -0.3 is 15.0 Å². The van der Waals surface area contributed by atoms with Crippen LogP contribution in [0.3, 0.4) is 0 Å². The third-order valence-electron chi connectivity index (χ3n) is 3.39. The van der Waals surface area contributed by atoms with Crippen molar-refractivity contribution in [2.45, 2.75) is 33.9 Å². The molecule has 0 fully saturated rings. The van der Waals surface area contributed by atoms with Gasteiger partial charge in [0.25, 0.3) is 0 Å². The van der Waals surface area contributed by atoms with E-state index < -0.39 is 0 Å². The highest BCUT2D eigenvalue weighted by molar-refractivity contribution is 5.26. The van der Waals surface area contributed by atoms with Crippen molar-refractivity contribution in [3.05, 3.63) is 35.4 Å². The van der Waals surface area contributed by atoms with Crippen LogP contribution in [0, 0.1) is 0 Å². The Morgan fingerprint density at radius 2 is 1.74 bits per heavy atom. The molecular weight excluding hydrogens is 236 g/mol. The predicted molar refractivity (Wildman–Crippen MR) is 81.3 cm³/mol. The van der Waals surface area contributed by atoms with Crippen LogP contribution in [0.25, 0.3) is 0 Å². The van der Waals surface area contributed by atoms with Crippen LogP contribution in [0.15, 0.2) is 24.3 Å². The Labute approximate surface area is 118 Å². The van der Waals surface area contributed by atoms with Gasteiger partial charge in [-0.2, -0.15) is 0 Å². The van der Waals surface area contributed by atoms with Crippen molar-refractivity contribution in [1.29, 1.82) is 0 Å². The van der Waals surface area contributed by atoms with Crippen molar-refractivity contribution in [3.63, 3.8) is 0 Å². The number of likely N-dealkylation sites (N-methyl/N-ethyl adjacent to an activating group) is 1. The van der Waals surface area contributed by atoms with E-state index in [9.17, 15) is 0 Å². The molecule has 0 atom stereocenters.